The van der Waals surface area contributed by atoms with Crippen LogP contribution in [0.4, 0.5) is 5.13 Å². The number of carbonyl (C=O) groups excluding carboxylic acids is 2. The molecule has 0 unspecified atom stereocenters. The zero-order valence-electron chi connectivity index (χ0n) is 14.5. The van der Waals surface area contributed by atoms with E-state index in [0.29, 0.717) is 17.4 Å². The Kier molecular flexibility index (Phi) is 7.40. The van der Waals surface area contributed by atoms with Crippen LogP contribution in [0.5, 0.6) is 5.75 Å². The van der Waals surface area contributed by atoms with E-state index in [9.17, 15) is 9.59 Å². The first kappa shape index (κ1) is 18.9. The van der Waals surface area contributed by atoms with Gasteiger partial charge < -0.3 is 15.0 Å². The van der Waals surface area contributed by atoms with Gasteiger partial charge in [-0.2, -0.15) is 0 Å². The first-order valence-corrected chi connectivity index (χ1v) is 9.14. The number of aryl methyl sites for hydroxylation is 1. The second kappa shape index (κ2) is 9.78. The van der Waals surface area contributed by atoms with Crippen LogP contribution in [0.2, 0.25) is 0 Å². The minimum Gasteiger partial charge on any atom is -0.484 e. The molecular weight excluding hydrogens is 338 g/mol. The molecule has 2 aromatic rings. The summed E-state index contributed by atoms with van der Waals surface area (Å²) < 4.78 is 5.50. The van der Waals surface area contributed by atoms with E-state index in [0.717, 1.165) is 18.5 Å². The molecule has 1 N–H and O–H groups in total. The fourth-order valence-electron chi connectivity index (χ4n) is 2.14. The van der Waals surface area contributed by atoms with Crippen molar-refractivity contribution in [3.63, 3.8) is 0 Å². The van der Waals surface area contributed by atoms with E-state index < -0.39 is 0 Å². The summed E-state index contributed by atoms with van der Waals surface area (Å²) >= 11 is 1.37. The molecule has 0 fully saturated rings. The van der Waals surface area contributed by atoms with Crippen molar-refractivity contribution < 1.29 is 14.3 Å². The second-order valence-corrected chi connectivity index (χ2v) is 6.47. The molecule has 7 heteroatoms. The molecule has 0 spiro atoms. The normalized spacial score (nSPS) is 10.3. The molecule has 0 aliphatic rings. The van der Waals surface area contributed by atoms with Crippen LogP contribution in [0, 0.1) is 6.92 Å². The van der Waals surface area contributed by atoms with Crippen molar-refractivity contribution in [2.45, 2.75) is 26.7 Å². The Morgan fingerprint density at radius 1 is 1.28 bits per heavy atom. The summed E-state index contributed by atoms with van der Waals surface area (Å²) in [6.07, 6.45) is 1.78. The Bertz CT molecular complexity index is 688. The van der Waals surface area contributed by atoms with Crippen LogP contribution in [0.15, 0.2) is 35.7 Å². The first-order valence-electron chi connectivity index (χ1n) is 8.26. The lowest BCUT2D eigenvalue weighted by Crippen LogP contribution is -2.41. The number of para-hydroxylation sites is 1. The summed E-state index contributed by atoms with van der Waals surface area (Å²) in [4.78, 5) is 30.3. The van der Waals surface area contributed by atoms with Gasteiger partial charge in [0.1, 0.15) is 12.3 Å². The summed E-state index contributed by atoms with van der Waals surface area (Å²) in [6, 6.07) is 9.16. The molecule has 1 aromatic carbocycles. The minimum absolute atomic E-state index is 0.00435. The van der Waals surface area contributed by atoms with E-state index >= 15 is 0 Å². The van der Waals surface area contributed by atoms with Gasteiger partial charge >= 0.3 is 0 Å². The highest BCUT2D eigenvalue weighted by Crippen LogP contribution is 2.14. The van der Waals surface area contributed by atoms with Gasteiger partial charge in [0.05, 0.1) is 5.69 Å². The van der Waals surface area contributed by atoms with Crippen molar-refractivity contribution in [3.8, 4) is 5.75 Å². The van der Waals surface area contributed by atoms with E-state index in [1.165, 1.54) is 16.2 Å². The fourth-order valence-corrected chi connectivity index (χ4v) is 2.84. The number of hydrogen-bond acceptors (Lipinski definition) is 5. The van der Waals surface area contributed by atoms with Crippen LogP contribution in [0.3, 0.4) is 0 Å². The summed E-state index contributed by atoms with van der Waals surface area (Å²) in [6.45, 7) is 4.34. The molecule has 0 radical (unpaired) electrons. The van der Waals surface area contributed by atoms with E-state index in [1.54, 1.807) is 12.1 Å². The highest BCUT2D eigenvalue weighted by molar-refractivity contribution is 7.13. The molecule has 0 atom stereocenters. The van der Waals surface area contributed by atoms with Crippen LogP contribution in [0.25, 0.3) is 0 Å². The first-order chi connectivity index (χ1) is 12.1. The standard InChI is InChI=1S/C18H23N3O3S/c1-3-4-10-21(11-16(22)20-18-19-14(2)13-25-18)17(23)12-24-15-8-6-5-7-9-15/h5-9,13H,3-4,10-12H2,1-2H3,(H,19,20,22). The van der Waals surface area contributed by atoms with Gasteiger partial charge in [0, 0.05) is 11.9 Å². The maximum absolute atomic E-state index is 12.4. The summed E-state index contributed by atoms with van der Waals surface area (Å²) in [5.41, 5.74) is 0.857. The number of anilines is 1. The van der Waals surface area contributed by atoms with Crippen LogP contribution < -0.4 is 10.1 Å². The lowest BCUT2D eigenvalue weighted by atomic mass is 10.3. The summed E-state index contributed by atoms with van der Waals surface area (Å²) in [5.74, 6) is 0.176. The maximum Gasteiger partial charge on any atom is 0.260 e. The SMILES string of the molecule is CCCCN(CC(=O)Nc1nc(C)cs1)C(=O)COc1ccccc1. The molecule has 134 valence electrons. The second-order valence-electron chi connectivity index (χ2n) is 5.61. The molecule has 1 aromatic heterocycles. The molecule has 0 aliphatic heterocycles. The topological polar surface area (TPSA) is 71.5 Å². The lowest BCUT2D eigenvalue weighted by molar-refractivity contribution is -0.136. The lowest BCUT2D eigenvalue weighted by Gasteiger charge is -2.22. The predicted octanol–water partition coefficient (Wildman–Crippen LogP) is 3.10. The number of nitrogens with zero attached hydrogens (tertiary/aromatic N) is 2. The summed E-state index contributed by atoms with van der Waals surface area (Å²) in [7, 11) is 0. The molecular formula is C18H23N3O3S. The Labute approximate surface area is 151 Å². The van der Waals surface area contributed by atoms with E-state index in [-0.39, 0.29) is 25.0 Å². The van der Waals surface area contributed by atoms with Crippen LogP contribution in [0.1, 0.15) is 25.5 Å². The average Bonchev–Trinajstić information content (AvgIpc) is 3.02. The zero-order chi connectivity index (χ0) is 18.1. The Balaban J connectivity index is 1.89. The molecule has 0 aliphatic carbocycles. The number of carbonyl (C=O) groups is 2. The Morgan fingerprint density at radius 3 is 2.68 bits per heavy atom. The van der Waals surface area contributed by atoms with Gasteiger partial charge in [-0.05, 0) is 25.5 Å². The molecule has 0 saturated heterocycles. The highest BCUT2D eigenvalue weighted by atomic mass is 32.1. The zero-order valence-corrected chi connectivity index (χ0v) is 15.3. The van der Waals surface area contributed by atoms with Crippen molar-refractivity contribution in [3.05, 3.63) is 41.4 Å². The van der Waals surface area contributed by atoms with Gasteiger partial charge in [-0.3, -0.25) is 9.59 Å². The maximum atomic E-state index is 12.4. The van der Waals surface area contributed by atoms with Crippen molar-refractivity contribution in [1.29, 1.82) is 0 Å². The number of nitrogens with one attached hydrogen (secondary N) is 1. The van der Waals surface area contributed by atoms with E-state index in [4.69, 9.17) is 4.74 Å². The number of thiazole rings is 1. The fraction of sp³-hybridized carbons (Fsp3) is 0.389. The number of hydrogen-bond donors (Lipinski definition) is 1. The molecule has 25 heavy (non-hydrogen) atoms. The monoisotopic (exact) mass is 361 g/mol. The van der Waals surface area contributed by atoms with Gasteiger partial charge in [0.25, 0.3) is 5.91 Å². The average molecular weight is 361 g/mol. The van der Waals surface area contributed by atoms with Crippen LogP contribution in [-0.2, 0) is 9.59 Å². The third-order valence-electron chi connectivity index (χ3n) is 3.44. The number of aromatic nitrogens is 1. The molecule has 2 amide bonds. The number of benzene rings is 1. The van der Waals surface area contributed by atoms with Gasteiger partial charge in [-0.15, -0.1) is 11.3 Å². The van der Waals surface area contributed by atoms with Gasteiger partial charge in [-0.1, -0.05) is 31.5 Å². The van der Waals surface area contributed by atoms with Crippen molar-refractivity contribution in [1.82, 2.24) is 9.88 Å². The molecule has 0 saturated carbocycles. The van der Waals surface area contributed by atoms with Gasteiger partial charge in [0.2, 0.25) is 5.91 Å². The van der Waals surface area contributed by atoms with Crippen molar-refractivity contribution >= 4 is 28.3 Å². The smallest absolute Gasteiger partial charge is 0.260 e. The molecule has 6 nitrogen and oxygen atoms in total. The highest BCUT2D eigenvalue weighted by Gasteiger charge is 2.18. The van der Waals surface area contributed by atoms with Crippen LogP contribution >= 0.6 is 11.3 Å². The summed E-state index contributed by atoms with van der Waals surface area (Å²) in [5, 5.41) is 5.14. The van der Waals surface area contributed by atoms with Gasteiger partial charge in [-0.25, -0.2) is 4.98 Å². The molecule has 0 bridgehead atoms. The molecule has 1 heterocycles. The third kappa shape index (κ3) is 6.54. The number of rotatable bonds is 9. The minimum atomic E-state index is -0.251. The van der Waals surface area contributed by atoms with E-state index in [2.05, 4.69) is 10.3 Å². The number of ether oxygens (including phenoxy) is 1. The Hall–Kier alpha value is -2.41. The largest absolute Gasteiger partial charge is 0.484 e. The predicted molar refractivity (Wildman–Crippen MR) is 98.9 cm³/mol. The van der Waals surface area contributed by atoms with Crippen LogP contribution in [-0.4, -0.2) is 41.4 Å². The van der Waals surface area contributed by atoms with Crippen molar-refractivity contribution in [2.24, 2.45) is 0 Å². The van der Waals surface area contributed by atoms with Gasteiger partial charge in [0.15, 0.2) is 11.7 Å². The number of amides is 2. The number of unbranched alkanes of at least 4 members (excludes halogenated alkanes) is 1. The quantitative estimate of drug-likeness (QED) is 0.745. The van der Waals surface area contributed by atoms with Crippen molar-refractivity contribution in [2.75, 3.05) is 25.0 Å². The third-order valence-corrected chi connectivity index (χ3v) is 4.32. The Morgan fingerprint density at radius 2 is 2.04 bits per heavy atom. The molecule has 2 rings (SSSR count). The van der Waals surface area contributed by atoms with E-state index in [1.807, 2.05) is 37.4 Å².